The summed E-state index contributed by atoms with van der Waals surface area (Å²) in [6.07, 6.45) is 0. The third-order valence-corrected chi connectivity index (χ3v) is 3.03. The van der Waals surface area contributed by atoms with E-state index in [1.807, 2.05) is 0 Å². The number of rotatable bonds is 4. The second kappa shape index (κ2) is 5.23. The van der Waals surface area contributed by atoms with Gasteiger partial charge in [-0.2, -0.15) is 0 Å². The van der Waals surface area contributed by atoms with Crippen LogP contribution in [0, 0.1) is 0 Å². The van der Waals surface area contributed by atoms with Crippen LogP contribution in [0.3, 0.4) is 0 Å². The summed E-state index contributed by atoms with van der Waals surface area (Å²) in [4.78, 5) is 11.5. The molecule has 5 heteroatoms. The first-order valence-corrected chi connectivity index (χ1v) is 5.82. The summed E-state index contributed by atoms with van der Waals surface area (Å²) >= 11 is -2.28. The molecule has 1 aromatic carbocycles. The van der Waals surface area contributed by atoms with Crippen molar-refractivity contribution in [2.45, 2.75) is 18.6 Å². The molecule has 0 aliphatic carbocycles. The van der Waals surface area contributed by atoms with Crippen molar-refractivity contribution in [1.29, 1.82) is 0 Å². The molecule has 0 fully saturated rings. The highest BCUT2D eigenvalue weighted by atomic mass is 32.2. The molecular formula is C11H13O4S-. The van der Waals surface area contributed by atoms with Crippen LogP contribution in [-0.4, -0.2) is 26.1 Å². The average molecular weight is 241 g/mol. The fraction of sp³-hybridized carbons (Fsp3) is 0.364. The summed E-state index contributed by atoms with van der Waals surface area (Å²) in [5.74, 6) is -0.515. The van der Waals surface area contributed by atoms with Crippen LogP contribution in [0.5, 0.6) is 0 Å². The molecule has 0 aromatic heterocycles. The number of carbonyl (C=O) groups is 1. The smallest absolute Gasteiger partial charge is 0.338 e. The Morgan fingerprint density at radius 1 is 1.38 bits per heavy atom. The van der Waals surface area contributed by atoms with Gasteiger partial charge in [0, 0.05) is 0 Å². The van der Waals surface area contributed by atoms with E-state index in [0.29, 0.717) is 5.56 Å². The first-order chi connectivity index (χ1) is 7.43. The predicted molar refractivity (Wildman–Crippen MR) is 59.7 cm³/mol. The number of hydrogen-bond donors (Lipinski definition) is 0. The van der Waals surface area contributed by atoms with Crippen molar-refractivity contribution in [3.8, 4) is 0 Å². The van der Waals surface area contributed by atoms with Gasteiger partial charge in [-0.05, 0) is 37.1 Å². The summed E-state index contributed by atoms with van der Waals surface area (Å²) < 4.78 is 25.4. The zero-order chi connectivity index (χ0) is 12.2. The van der Waals surface area contributed by atoms with Gasteiger partial charge >= 0.3 is 5.97 Å². The lowest BCUT2D eigenvalue weighted by Crippen LogP contribution is -2.33. The van der Waals surface area contributed by atoms with Crippen LogP contribution in [0.15, 0.2) is 30.3 Å². The van der Waals surface area contributed by atoms with Crippen molar-refractivity contribution < 1.29 is 18.3 Å². The van der Waals surface area contributed by atoms with Crippen molar-refractivity contribution in [2.75, 3.05) is 6.61 Å². The van der Waals surface area contributed by atoms with Crippen LogP contribution < -0.4 is 0 Å². The molecule has 0 amide bonds. The lowest BCUT2D eigenvalue weighted by molar-refractivity contribution is 0.0473. The first kappa shape index (κ1) is 12.9. The third-order valence-electron chi connectivity index (χ3n) is 2.01. The maximum absolute atomic E-state index is 11.5. The highest BCUT2D eigenvalue weighted by Gasteiger charge is 2.21. The van der Waals surface area contributed by atoms with Gasteiger partial charge in [0.15, 0.2) is 0 Å². The highest BCUT2D eigenvalue weighted by Crippen LogP contribution is 2.12. The zero-order valence-corrected chi connectivity index (χ0v) is 9.95. The summed E-state index contributed by atoms with van der Waals surface area (Å²) in [6.45, 7) is 2.83. The Labute approximate surface area is 96.9 Å². The molecular weight excluding hydrogens is 228 g/mol. The van der Waals surface area contributed by atoms with E-state index in [2.05, 4.69) is 0 Å². The van der Waals surface area contributed by atoms with Gasteiger partial charge in [0.1, 0.15) is 6.61 Å². The lowest BCUT2D eigenvalue weighted by Gasteiger charge is -2.26. The molecule has 1 atom stereocenters. The maximum Gasteiger partial charge on any atom is 0.338 e. The van der Waals surface area contributed by atoms with Crippen LogP contribution >= 0.6 is 0 Å². The Hall–Kier alpha value is -1.20. The third kappa shape index (κ3) is 3.43. The highest BCUT2D eigenvalue weighted by molar-refractivity contribution is 7.80. The predicted octanol–water partition coefficient (Wildman–Crippen LogP) is 1.50. The number of benzene rings is 1. The monoisotopic (exact) mass is 241 g/mol. The summed E-state index contributed by atoms with van der Waals surface area (Å²) in [5.41, 5.74) is 0.412. The van der Waals surface area contributed by atoms with E-state index >= 15 is 0 Å². The number of ether oxygens (including phenoxy) is 1. The summed E-state index contributed by atoms with van der Waals surface area (Å²) in [5, 5.41) is 0. The van der Waals surface area contributed by atoms with E-state index in [1.54, 1.807) is 30.3 Å². The Morgan fingerprint density at radius 3 is 2.44 bits per heavy atom. The van der Waals surface area contributed by atoms with Crippen molar-refractivity contribution in [1.82, 2.24) is 0 Å². The lowest BCUT2D eigenvalue weighted by atomic mass is 10.2. The molecule has 0 radical (unpaired) electrons. The van der Waals surface area contributed by atoms with E-state index < -0.39 is 21.8 Å². The standard InChI is InChI=1S/C11H14O4S/c1-11(2,16(13)14)8-15-10(12)9-6-4-3-5-7-9/h3-7H,8H2,1-2H3,(H,13,14)/p-1. The molecule has 0 saturated carbocycles. The van der Waals surface area contributed by atoms with Crippen molar-refractivity contribution >= 4 is 17.0 Å². The molecule has 0 bridgehead atoms. The fourth-order valence-corrected chi connectivity index (χ4v) is 1.10. The van der Waals surface area contributed by atoms with E-state index in [1.165, 1.54) is 13.8 Å². The molecule has 1 aromatic rings. The molecule has 88 valence electrons. The average Bonchev–Trinajstić information content (AvgIpc) is 2.27. The Morgan fingerprint density at radius 2 is 1.94 bits per heavy atom. The summed E-state index contributed by atoms with van der Waals surface area (Å²) in [7, 11) is 0. The number of hydrogen-bond acceptors (Lipinski definition) is 4. The van der Waals surface area contributed by atoms with Crippen LogP contribution in [0.4, 0.5) is 0 Å². The van der Waals surface area contributed by atoms with Gasteiger partial charge in [0.05, 0.1) is 10.3 Å². The van der Waals surface area contributed by atoms with Gasteiger partial charge in [-0.3, -0.25) is 4.21 Å². The largest absolute Gasteiger partial charge is 0.772 e. The van der Waals surface area contributed by atoms with Gasteiger partial charge in [-0.1, -0.05) is 18.2 Å². The Bertz CT molecular complexity index is 386. The minimum absolute atomic E-state index is 0.156. The molecule has 0 aliphatic rings. The van der Waals surface area contributed by atoms with E-state index in [0.717, 1.165) is 0 Å². The second-order valence-corrected chi connectivity index (χ2v) is 5.51. The molecule has 1 rings (SSSR count). The molecule has 4 nitrogen and oxygen atoms in total. The van der Waals surface area contributed by atoms with Gasteiger partial charge < -0.3 is 9.29 Å². The topological polar surface area (TPSA) is 66.4 Å². The van der Waals surface area contributed by atoms with E-state index in [-0.39, 0.29) is 6.61 Å². The molecule has 0 spiro atoms. The number of esters is 1. The fourth-order valence-electron chi connectivity index (χ4n) is 0.945. The SMILES string of the molecule is CC(C)(COC(=O)c1ccccc1)S(=O)[O-]. The second-order valence-electron chi connectivity index (χ2n) is 3.94. The van der Waals surface area contributed by atoms with Crippen molar-refractivity contribution in [3.05, 3.63) is 35.9 Å². The molecule has 0 heterocycles. The minimum atomic E-state index is -2.28. The van der Waals surface area contributed by atoms with Crippen LogP contribution in [0.25, 0.3) is 0 Å². The minimum Gasteiger partial charge on any atom is -0.772 e. The Kier molecular flexibility index (Phi) is 4.20. The van der Waals surface area contributed by atoms with Crippen LogP contribution in [-0.2, 0) is 15.8 Å². The van der Waals surface area contributed by atoms with Gasteiger partial charge in [0.25, 0.3) is 0 Å². The van der Waals surface area contributed by atoms with E-state index in [4.69, 9.17) is 4.74 Å². The molecule has 0 aliphatic heterocycles. The quantitative estimate of drug-likeness (QED) is 0.592. The Balaban J connectivity index is 2.58. The first-order valence-electron chi connectivity index (χ1n) is 4.75. The maximum atomic E-state index is 11.5. The molecule has 16 heavy (non-hydrogen) atoms. The van der Waals surface area contributed by atoms with Crippen LogP contribution in [0.2, 0.25) is 0 Å². The number of carbonyl (C=O) groups excluding carboxylic acids is 1. The molecule has 0 saturated heterocycles. The normalized spacial score (nSPS) is 13.2. The summed E-state index contributed by atoms with van der Waals surface area (Å²) in [6, 6.07) is 8.45. The van der Waals surface area contributed by atoms with Gasteiger partial charge in [0.2, 0.25) is 0 Å². The van der Waals surface area contributed by atoms with Crippen molar-refractivity contribution in [2.24, 2.45) is 0 Å². The van der Waals surface area contributed by atoms with Gasteiger partial charge in [-0.15, -0.1) is 0 Å². The van der Waals surface area contributed by atoms with E-state index in [9.17, 15) is 13.6 Å². The van der Waals surface area contributed by atoms with Crippen LogP contribution in [0.1, 0.15) is 24.2 Å². The zero-order valence-electron chi connectivity index (χ0n) is 9.14. The van der Waals surface area contributed by atoms with Gasteiger partial charge in [-0.25, -0.2) is 4.79 Å². The van der Waals surface area contributed by atoms with Crippen molar-refractivity contribution in [3.63, 3.8) is 0 Å². The molecule has 0 N–H and O–H groups in total. The molecule has 1 unspecified atom stereocenters.